The first-order valence-electron chi connectivity index (χ1n) is 7.69. The van der Waals surface area contributed by atoms with E-state index < -0.39 is 0 Å². The van der Waals surface area contributed by atoms with Crippen LogP contribution in [0.3, 0.4) is 0 Å². The SMILES string of the molecule is COc1cccc(-n2cc(CN(C)CC3CCOC3)cn2)c1. The highest BCUT2D eigenvalue weighted by Crippen LogP contribution is 2.17. The Morgan fingerprint density at radius 3 is 3.14 bits per heavy atom. The molecule has 1 aromatic heterocycles. The predicted octanol–water partition coefficient (Wildman–Crippen LogP) is 2.35. The quantitative estimate of drug-likeness (QED) is 0.821. The predicted molar refractivity (Wildman–Crippen MR) is 85.4 cm³/mol. The summed E-state index contributed by atoms with van der Waals surface area (Å²) in [4.78, 5) is 2.34. The smallest absolute Gasteiger partial charge is 0.121 e. The fourth-order valence-electron chi connectivity index (χ4n) is 2.88. The average Bonchev–Trinajstić information content (AvgIpc) is 3.19. The van der Waals surface area contributed by atoms with Crippen LogP contribution in [0.4, 0.5) is 0 Å². The molecule has 1 aliphatic rings. The molecule has 1 aliphatic heterocycles. The van der Waals surface area contributed by atoms with Crippen LogP contribution in [-0.4, -0.2) is 48.6 Å². The standard InChI is InChI=1S/C17H23N3O2/c1-19(10-14-6-7-22-13-14)11-15-9-18-20(12-15)16-4-3-5-17(8-16)21-2/h3-5,8-9,12,14H,6-7,10-11,13H2,1-2H3. The molecule has 118 valence electrons. The highest BCUT2D eigenvalue weighted by atomic mass is 16.5. The number of methoxy groups -OCH3 is 1. The van der Waals surface area contributed by atoms with Crippen molar-refractivity contribution in [2.75, 3.05) is 33.9 Å². The summed E-state index contributed by atoms with van der Waals surface area (Å²) >= 11 is 0. The third-order valence-corrected chi connectivity index (χ3v) is 4.00. The van der Waals surface area contributed by atoms with Crippen LogP contribution in [0.15, 0.2) is 36.7 Å². The van der Waals surface area contributed by atoms with Gasteiger partial charge in [0.25, 0.3) is 0 Å². The van der Waals surface area contributed by atoms with Gasteiger partial charge < -0.3 is 14.4 Å². The van der Waals surface area contributed by atoms with Crippen LogP contribution in [0.1, 0.15) is 12.0 Å². The van der Waals surface area contributed by atoms with Gasteiger partial charge in [-0.25, -0.2) is 4.68 Å². The third-order valence-electron chi connectivity index (χ3n) is 4.00. The summed E-state index contributed by atoms with van der Waals surface area (Å²) in [6.07, 6.45) is 5.19. The van der Waals surface area contributed by atoms with E-state index in [4.69, 9.17) is 9.47 Å². The number of hydrogen-bond donors (Lipinski definition) is 0. The van der Waals surface area contributed by atoms with Crippen LogP contribution >= 0.6 is 0 Å². The van der Waals surface area contributed by atoms with Gasteiger partial charge >= 0.3 is 0 Å². The Bertz CT molecular complexity index is 605. The highest BCUT2D eigenvalue weighted by Gasteiger charge is 2.17. The monoisotopic (exact) mass is 301 g/mol. The van der Waals surface area contributed by atoms with Crippen LogP contribution in [-0.2, 0) is 11.3 Å². The molecule has 1 aromatic carbocycles. The second kappa shape index (κ2) is 6.94. The van der Waals surface area contributed by atoms with Crippen molar-refractivity contribution in [1.82, 2.24) is 14.7 Å². The van der Waals surface area contributed by atoms with Crippen molar-refractivity contribution in [1.29, 1.82) is 0 Å². The molecular formula is C17H23N3O2. The highest BCUT2D eigenvalue weighted by molar-refractivity contribution is 5.38. The Morgan fingerprint density at radius 1 is 1.45 bits per heavy atom. The van der Waals surface area contributed by atoms with Crippen LogP contribution in [0, 0.1) is 5.92 Å². The molecule has 1 atom stereocenters. The lowest BCUT2D eigenvalue weighted by Crippen LogP contribution is -2.25. The molecule has 2 heterocycles. The van der Waals surface area contributed by atoms with Crippen molar-refractivity contribution in [3.05, 3.63) is 42.2 Å². The second-order valence-corrected chi connectivity index (χ2v) is 5.92. The van der Waals surface area contributed by atoms with Gasteiger partial charge in [-0.15, -0.1) is 0 Å². The van der Waals surface area contributed by atoms with E-state index in [1.807, 2.05) is 35.1 Å². The van der Waals surface area contributed by atoms with Gasteiger partial charge in [0.1, 0.15) is 5.75 Å². The molecule has 0 bridgehead atoms. The molecule has 0 amide bonds. The Morgan fingerprint density at radius 2 is 2.36 bits per heavy atom. The number of benzene rings is 1. The van der Waals surface area contributed by atoms with E-state index >= 15 is 0 Å². The summed E-state index contributed by atoms with van der Waals surface area (Å²) in [5, 5.41) is 4.46. The van der Waals surface area contributed by atoms with Crippen LogP contribution in [0.25, 0.3) is 5.69 Å². The lowest BCUT2D eigenvalue weighted by Gasteiger charge is -2.18. The number of nitrogens with zero attached hydrogens (tertiary/aromatic N) is 3. The van der Waals surface area contributed by atoms with Crippen LogP contribution < -0.4 is 4.74 Å². The topological polar surface area (TPSA) is 39.5 Å². The molecule has 1 unspecified atom stereocenters. The van der Waals surface area contributed by atoms with E-state index in [-0.39, 0.29) is 0 Å². The maximum atomic E-state index is 5.44. The van der Waals surface area contributed by atoms with Gasteiger partial charge in [0.15, 0.2) is 0 Å². The molecule has 0 aliphatic carbocycles. The van der Waals surface area contributed by atoms with Gasteiger partial charge in [0.2, 0.25) is 0 Å². The Hall–Kier alpha value is -1.85. The molecule has 1 fully saturated rings. The number of rotatable bonds is 6. The zero-order valence-electron chi connectivity index (χ0n) is 13.2. The Labute approximate surface area is 131 Å². The normalized spacial score (nSPS) is 18.0. The minimum Gasteiger partial charge on any atom is -0.497 e. The molecule has 5 heteroatoms. The van der Waals surface area contributed by atoms with Crippen molar-refractivity contribution < 1.29 is 9.47 Å². The van der Waals surface area contributed by atoms with Crippen LogP contribution in [0.5, 0.6) is 5.75 Å². The van der Waals surface area contributed by atoms with Crippen molar-refractivity contribution >= 4 is 0 Å². The summed E-state index contributed by atoms with van der Waals surface area (Å²) in [5.74, 6) is 1.51. The molecule has 1 saturated heterocycles. The molecule has 0 radical (unpaired) electrons. The fourth-order valence-corrected chi connectivity index (χ4v) is 2.88. The summed E-state index contributed by atoms with van der Waals surface area (Å²) in [6, 6.07) is 7.92. The molecule has 2 aromatic rings. The molecule has 0 spiro atoms. The van der Waals surface area contributed by atoms with E-state index in [0.29, 0.717) is 5.92 Å². The van der Waals surface area contributed by atoms with E-state index in [1.165, 1.54) is 12.0 Å². The molecule has 0 saturated carbocycles. The van der Waals surface area contributed by atoms with Gasteiger partial charge in [0, 0.05) is 37.5 Å². The van der Waals surface area contributed by atoms with Gasteiger partial charge in [-0.05, 0) is 31.5 Å². The second-order valence-electron chi connectivity index (χ2n) is 5.92. The summed E-state index contributed by atoms with van der Waals surface area (Å²) < 4.78 is 12.6. The Kier molecular flexibility index (Phi) is 4.75. The van der Waals surface area contributed by atoms with Gasteiger partial charge in [-0.1, -0.05) is 6.07 Å². The van der Waals surface area contributed by atoms with E-state index in [1.54, 1.807) is 7.11 Å². The minimum absolute atomic E-state index is 0.665. The lowest BCUT2D eigenvalue weighted by atomic mass is 10.1. The van der Waals surface area contributed by atoms with E-state index in [2.05, 4.69) is 23.2 Å². The summed E-state index contributed by atoms with van der Waals surface area (Å²) in [6.45, 7) is 3.78. The van der Waals surface area contributed by atoms with Gasteiger partial charge in [0.05, 0.1) is 25.6 Å². The zero-order chi connectivity index (χ0) is 15.4. The maximum Gasteiger partial charge on any atom is 0.121 e. The van der Waals surface area contributed by atoms with Crippen molar-refractivity contribution in [3.8, 4) is 11.4 Å². The average molecular weight is 301 g/mol. The number of aromatic nitrogens is 2. The summed E-state index contributed by atoms with van der Waals surface area (Å²) in [7, 11) is 3.83. The maximum absolute atomic E-state index is 5.44. The van der Waals surface area contributed by atoms with Crippen LogP contribution in [0.2, 0.25) is 0 Å². The third kappa shape index (κ3) is 3.67. The first-order valence-corrected chi connectivity index (χ1v) is 7.69. The molecule has 22 heavy (non-hydrogen) atoms. The van der Waals surface area contributed by atoms with Gasteiger partial charge in [-0.3, -0.25) is 0 Å². The minimum atomic E-state index is 0.665. The largest absolute Gasteiger partial charge is 0.497 e. The molecule has 0 N–H and O–H groups in total. The van der Waals surface area contributed by atoms with E-state index in [9.17, 15) is 0 Å². The number of hydrogen-bond acceptors (Lipinski definition) is 4. The number of ether oxygens (including phenoxy) is 2. The van der Waals surface area contributed by atoms with E-state index in [0.717, 1.165) is 37.7 Å². The summed E-state index contributed by atoms with van der Waals surface area (Å²) in [5.41, 5.74) is 2.22. The van der Waals surface area contributed by atoms with Crippen molar-refractivity contribution in [2.45, 2.75) is 13.0 Å². The Balaban J connectivity index is 1.62. The van der Waals surface area contributed by atoms with Crippen molar-refractivity contribution in [2.24, 2.45) is 5.92 Å². The molecule has 3 rings (SSSR count). The molecular weight excluding hydrogens is 278 g/mol. The van der Waals surface area contributed by atoms with Gasteiger partial charge in [-0.2, -0.15) is 5.10 Å². The first-order chi connectivity index (χ1) is 10.7. The zero-order valence-corrected chi connectivity index (χ0v) is 13.2. The lowest BCUT2D eigenvalue weighted by molar-refractivity contribution is 0.173. The van der Waals surface area contributed by atoms with Crippen molar-refractivity contribution in [3.63, 3.8) is 0 Å². The fraction of sp³-hybridized carbons (Fsp3) is 0.471. The molecule has 5 nitrogen and oxygen atoms in total. The first kappa shape index (κ1) is 15.1.